The highest BCUT2D eigenvalue weighted by molar-refractivity contribution is 5.83. The Bertz CT molecular complexity index is 429. The Balaban J connectivity index is 2.02. The maximum atomic E-state index is 12.0. The predicted octanol–water partition coefficient (Wildman–Crippen LogP) is 3.95. The van der Waals surface area contributed by atoms with Gasteiger partial charge in [0.15, 0.2) is 0 Å². The second kappa shape index (κ2) is 5.13. The van der Waals surface area contributed by atoms with Crippen molar-refractivity contribution < 1.29 is 9.53 Å². The van der Waals surface area contributed by atoms with Gasteiger partial charge in [-0.05, 0) is 30.4 Å². The monoisotopic (exact) mass is 246 g/mol. The van der Waals surface area contributed by atoms with Crippen LogP contribution in [-0.4, -0.2) is 12.4 Å². The summed E-state index contributed by atoms with van der Waals surface area (Å²) in [6.45, 7) is 6.75. The van der Waals surface area contributed by atoms with Crippen LogP contribution in [0.1, 0.15) is 51.5 Å². The quantitative estimate of drug-likeness (QED) is 0.807. The van der Waals surface area contributed by atoms with Crippen LogP contribution in [-0.2, 0) is 4.79 Å². The summed E-state index contributed by atoms with van der Waals surface area (Å²) >= 11 is 0. The molecule has 1 heterocycles. The average Bonchev–Trinajstić information content (AvgIpc) is 2.34. The molecule has 2 heteroatoms. The molecule has 0 N–H and O–H groups in total. The number of benzene rings is 1. The Labute approximate surface area is 109 Å². The Hall–Kier alpha value is -1.31. The average molecular weight is 246 g/mol. The molecule has 0 amide bonds. The zero-order valence-corrected chi connectivity index (χ0v) is 11.5. The molecule has 0 aromatic heterocycles. The minimum absolute atomic E-state index is 0.218. The Morgan fingerprint density at radius 2 is 2.06 bits per heavy atom. The fourth-order valence-electron chi connectivity index (χ4n) is 2.40. The summed E-state index contributed by atoms with van der Waals surface area (Å²) in [7, 11) is 0. The molecule has 0 spiro atoms. The summed E-state index contributed by atoms with van der Waals surface area (Å²) in [6.07, 6.45) is 2.63. The van der Waals surface area contributed by atoms with Gasteiger partial charge >= 0.3 is 0 Å². The number of carbonyl (C=O) groups excluding carboxylic acids is 1. The minimum Gasteiger partial charge on any atom is -0.493 e. The van der Waals surface area contributed by atoms with Gasteiger partial charge < -0.3 is 4.74 Å². The molecule has 0 aliphatic carbocycles. The van der Waals surface area contributed by atoms with Gasteiger partial charge in [0.25, 0.3) is 0 Å². The molecular formula is C16H22O2. The van der Waals surface area contributed by atoms with Crippen molar-refractivity contribution in [2.75, 3.05) is 6.61 Å². The molecule has 2 nitrogen and oxygen atoms in total. The first-order chi connectivity index (χ1) is 8.48. The second-order valence-electron chi connectivity index (χ2n) is 6.08. The Morgan fingerprint density at radius 3 is 2.78 bits per heavy atom. The molecular weight excluding hydrogens is 224 g/mol. The summed E-state index contributed by atoms with van der Waals surface area (Å²) < 4.78 is 5.64. The van der Waals surface area contributed by atoms with E-state index in [1.807, 2.05) is 39.0 Å². The van der Waals surface area contributed by atoms with Gasteiger partial charge in [0, 0.05) is 11.8 Å². The van der Waals surface area contributed by atoms with Gasteiger partial charge in [0.1, 0.15) is 11.5 Å². The molecule has 1 aliphatic rings. The van der Waals surface area contributed by atoms with Crippen molar-refractivity contribution in [2.45, 2.75) is 46.0 Å². The second-order valence-corrected chi connectivity index (χ2v) is 6.08. The molecule has 1 atom stereocenters. The van der Waals surface area contributed by atoms with E-state index in [0.29, 0.717) is 18.1 Å². The van der Waals surface area contributed by atoms with Crippen LogP contribution in [0.2, 0.25) is 0 Å². The molecule has 1 aromatic carbocycles. The lowest BCUT2D eigenvalue weighted by Gasteiger charge is -2.26. The van der Waals surface area contributed by atoms with E-state index in [1.54, 1.807) is 0 Å². The SMILES string of the molecule is CC(C)(C)C(=O)CCC1CCOc2ccccc21. The molecule has 0 bridgehead atoms. The van der Waals surface area contributed by atoms with Crippen LogP contribution >= 0.6 is 0 Å². The first kappa shape index (κ1) is 13.1. The van der Waals surface area contributed by atoms with Crippen molar-refractivity contribution in [1.29, 1.82) is 0 Å². The van der Waals surface area contributed by atoms with Crippen molar-refractivity contribution in [3.05, 3.63) is 29.8 Å². The van der Waals surface area contributed by atoms with Crippen molar-refractivity contribution >= 4 is 5.78 Å². The van der Waals surface area contributed by atoms with Crippen molar-refractivity contribution in [3.63, 3.8) is 0 Å². The highest BCUT2D eigenvalue weighted by atomic mass is 16.5. The number of fused-ring (bicyclic) bond motifs is 1. The van der Waals surface area contributed by atoms with E-state index in [-0.39, 0.29) is 5.41 Å². The number of ketones is 1. The predicted molar refractivity (Wildman–Crippen MR) is 73.0 cm³/mol. The van der Waals surface area contributed by atoms with Gasteiger partial charge in [-0.15, -0.1) is 0 Å². The van der Waals surface area contributed by atoms with E-state index >= 15 is 0 Å². The molecule has 0 saturated heterocycles. The standard InChI is InChI=1S/C16H22O2/c1-16(2,3)15(17)9-8-12-10-11-18-14-7-5-4-6-13(12)14/h4-7,12H,8-11H2,1-3H3. The van der Waals surface area contributed by atoms with Crippen LogP contribution in [0.15, 0.2) is 24.3 Å². The first-order valence-corrected chi connectivity index (χ1v) is 6.73. The van der Waals surface area contributed by atoms with Crippen LogP contribution in [0.4, 0.5) is 0 Å². The summed E-state index contributed by atoms with van der Waals surface area (Å²) in [4.78, 5) is 12.0. The number of Topliss-reactive ketones (excluding diaryl/α,β-unsaturated/α-hetero) is 1. The zero-order chi connectivity index (χ0) is 13.2. The Morgan fingerprint density at radius 1 is 1.33 bits per heavy atom. The van der Waals surface area contributed by atoms with Crippen LogP contribution < -0.4 is 4.74 Å². The van der Waals surface area contributed by atoms with E-state index in [1.165, 1.54) is 5.56 Å². The first-order valence-electron chi connectivity index (χ1n) is 6.73. The highest BCUT2D eigenvalue weighted by Crippen LogP contribution is 2.36. The lowest BCUT2D eigenvalue weighted by atomic mass is 9.83. The number of ether oxygens (including phenoxy) is 1. The van der Waals surface area contributed by atoms with Crippen LogP contribution in [0.3, 0.4) is 0 Å². The van der Waals surface area contributed by atoms with Crippen molar-refractivity contribution in [2.24, 2.45) is 5.41 Å². The number of carbonyl (C=O) groups is 1. The van der Waals surface area contributed by atoms with Gasteiger partial charge in [-0.1, -0.05) is 39.0 Å². The number of hydrogen-bond acceptors (Lipinski definition) is 2. The van der Waals surface area contributed by atoms with Gasteiger partial charge in [0.2, 0.25) is 0 Å². The molecule has 98 valence electrons. The smallest absolute Gasteiger partial charge is 0.138 e. The molecule has 0 saturated carbocycles. The van der Waals surface area contributed by atoms with Gasteiger partial charge in [-0.2, -0.15) is 0 Å². The molecule has 2 rings (SSSR count). The lowest BCUT2D eigenvalue weighted by Crippen LogP contribution is -2.21. The number of rotatable bonds is 3. The summed E-state index contributed by atoms with van der Waals surface area (Å²) in [5.74, 6) is 1.82. The molecule has 1 aliphatic heterocycles. The minimum atomic E-state index is -0.218. The van der Waals surface area contributed by atoms with Crippen molar-refractivity contribution in [1.82, 2.24) is 0 Å². The normalized spacial score (nSPS) is 18.9. The van der Waals surface area contributed by atoms with E-state index in [0.717, 1.165) is 25.2 Å². The highest BCUT2D eigenvalue weighted by Gasteiger charge is 2.25. The van der Waals surface area contributed by atoms with E-state index < -0.39 is 0 Å². The third-order valence-corrected chi connectivity index (χ3v) is 3.64. The maximum Gasteiger partial charge on any atom is 0.138 e. The molecule has 0 radical (unpaired) electrons. The fraction of sp³-hybridized carbons (Fsp3) is 0.562. The molecule has 1 aromatic rings. The third kappa shape index (κ3) is 2.92. The summed E-state index contributed by atoms with van der Waals surface area (Å²) in [5.41, 5.74) is 1.05. The molecule has 1 unspecified atom stereocenters. The van der Waals surface area contributed by atoms with Crippen LogP contribution in [0, 0.1) is 5.41 Å². The van der Waals surface area contributed by atoms with Crippen LogP contribution in [0.5, 0.6) is 5.75 Å². The summed E-state index contributed by atoms with van der Waals surface area (Å²) in [5, 5.41) is 0. The van der Waals surface area contributed by atoms with Gasteiger partial charge in [-0.3, -0.25) is 4.79 Å². The largest absolute Gasteiger partial charge is 0.493 e. The summed E-state index contributed by atoms with van der Waals surface area (Å²) in [6, 6.07) is 8.20. The number of hydrogen-bond donors (Lipinski definition) is 0. The third-order valence-electron chi connectivity index (χ3n) is 3.64. The van der Waals surface area contributed by atoms with Crippen molar-refractivity contribution in [3.8, 4) is 5.75 Å². The van der Waals surface area contributed by atoms with E-state index in [9.17, 15) is 4.79 Å². The number of para-hydroxylation sites is 1. The molecule has 0 fully saturated rings. The topological polar surface area (TPSA) is 26.3 Å². The zero-order valence-electron chi connectivity index (χ0n) is 11.5. The molecule has 18 heavy (non-hydrogen) atoms. The van der Waals surface area contributed by atoms with Gasteiger partial charge in [0.05, 0.1) is 6.61 Å². The fourth-order valence-corrected chi connectivity index (χ4v) is 2.40. The lowest BCUT2D eigenvalue weighted by molar-refractivity contribution is -0.126. The van der Waals surface area contributed by atoms with Gasteiger partial charge in [-0.25, -0.2) is 0 Å². The van der Waals surface area contributed by atoms with E-state index in [2.05, 4.69) is 6.07 Å². The van der Waals surface area contributed by atoms with E-state index in [4.69, 9.17) is 4.74 Å². The maximum absolute atomic E-state index is 12.0. The Kier molecular flexibility index (Phi) is 3.74. The van der Waals surface area contributed by atoms with Crippen LogP contribution in [0.25, 0.3) is 0 Å².